The lowest BCUT2D eigenvalue weighted by molar-refractivity contribution is -0.138. The molecule has 7 heteroatoms. The number of carboxylic acids is 1. The van der Waals surface area contributed by atoms with Gasteiger partial charge in [0.15, 0.2) is 5.82 Å². The third-order valence-electron chi connectivity index (χ3n) is 3.61. The zero-order valence-corrected chi connectivity index (χ0v) is 12.4. The number of aryl methyl sites for hydroxylation is 1. The molecule has 21 heavy (non-hydrogen) atoms. The highest BCUT2D eigenvalue weighted by molar-refractivity contribution is 5.69. The van der Waals surface area contributed by atoms with Crippen molar-refractivity contribution < 1.29 is 9.90 Å². The highest BCUT2D eigenvalue weighted by Gasteiger charge is 2.19. The van der Waals surface area contributed by atoms with Gasteiger partial charge in [-0.15, -0.1) is 0 Å². The van der Waals surface area contributed by atoms with Crippen LogP contribution in [0.25, 0.3) is 0 Å². The number of carbonyl (C=O) groups is 1. The Morgan fingerprint density at radius 3 is 2.86 bits per heavy atom. The summed E-state index contributed by atoms with van der Waals surface area (Å²) in [4.78, 5) is 31.3. The van der Waals surface area contributed by atoms with E-state index in [0.29, 0.717) is 25.5 Å². The predicted molar refractivity (Wildman–Crippen MR) is 79.7 cm³/mol. The van der Waals surface area contributed by atoms with Crippen molar-refractivity contribution in [1.82, 2.24) is 14.5 Å². The predicted octanol–water partition coefficient (Wildman–Crippen LogP) is 0.250. The molecule has 2 rings (SSSR count). The van der Waals surface area contributed by atoms with Crippen LogP contribution < -0.4 is 10.5 Å². The van der Waals surface area contributed by atoms with E-state index >= 15 is 0 Å². The summed E-state index contributed by atoms with van der Waals surface area (Å²) in [5, 5.41) is 8.86. The Balaban J connectivity index is 2.10. The van der Waals surface area contributed by atoms with E-state index in [1.165, 1.54) is 0 Å². The van der Waals surface area contributed by atoms with Crippen LogP contribution in [-0.4, -0.2) is 58.3 Å². The second-order valence-corrected chi connectivity index (χ2v) is 5.26. The number of aromatic nitrogens is 2. The minimum absolute atomic E-state index is 0.0517. The molecular weight excluding hydrogens is 272 g/mol. The van der Waals surface area contributed by atoms with Gasteiger partial charge >= 0.3 is 5.97 Å². The molecule has 116 valence electrons. The van der Waals surface area contributed by atoms with Gasteiger partial charge in [0, 0.05) is 45.1 Å². The van der Waals surface area contributed by atoms with Gasteiger partial charge in [-0.3, -0.25) is 14.5 Å². The number of hydrogen-bond donors (Lipinski definition) is 1. The summed E-state index contributed by atoms with van der Waals surface area (Å²) in [6.45, 7) is 5.50. The van der Waals surface area contributed by atoms with Gasteiger partial charge in [-0.25, -0.2) is 4.98 Å². The largest absolute Gasteiger partial charge is 0.480 e. The van der Waals surface area contributed by atoms with Crippen LogP contribution in [0.15, 0.2) is 17.2 Å². The monoisotopic (exact) mass is 294 g/mol. The van der Waals surface area contributed by atoms with Crippen molar-refractivity contribution >= 4 is 11.8 Å². The number of rotatable bonds is 5. The molecule has 1 N–H and O–H groups in total. The Labute approximate surface area is 123 Å². The smallest absolute Gasteiger partial charge is 0.317 e. The van der Waals surface area contributed by atoms with Crippen LogP contribution in [0.5, 0.6) is 0 Å². The normalized spacial score (nSPS) is 16.7. The maximum Gasteiger partial charge on any atom is 0.317 e. The Hall–Kier alpha value is -1.89. The topological polar surface area (TPSA) is 78.7 Å². The molecule has 1 aromatic heterocycles. The third-order valence-corrected chi connectivity index (χ3v) is 3.61. The summed E-state index contributed by atoms with van der Waals surface area (Å²) in [7, 11) is 0. The van der Waals surface area contributed by atoms with Crippen molar-refractivity contribution in [2.45, 2.75) is 26.3 Å². The van der Waals surface area contributed by atoms with Crippen molar-refractivity contribution in [3.05, 3.63) is 22.7 Å². The molecule has 0 atom stereocenters. The van der Waals surface area contributed by atoms with Crippen molar-refractivity contribution in [3.8, 4) is 0 Å². The highest BCUT2D eigenvalue weighted by atomic mass is 16.4. The third kappa shape index (κ3) is 4.04. The van der Waals surface area contributed by atoms with E-state index in [1.807, 2.05) is 16.7 Å². The number of anilines is 1. The van der Waals surface area contributed by atoms with Gasteiger partial charge in [-0.2, -0.15) is 0 Å². The first kappa shape index (κ1) is 15.5. The SMILES string of the molecule is CCCn1ccnc(N2CCCN(CC(=O)O)CC2)c1=O. The number of aliphatic carboxylic acids is 1. The second kappa shape index (κ2) is 7.21. The Bertz CT molecular complexity index is 543. The lowest BCUT2D eigenvalue weighted by Gasteiger charge is -2.21. The summed E-state index contributed by atoms with van der Waals surface area (Å²) >= 11 is 0. The van der Waals surface area contributed by atoms with E-state index in [-0.39, 0.29) is 12.1 Å². The van der Waals surface area contributed by atoms with Crippen molar-refractivity contribution in [3.63, 3.8) is 0 Å². The zero-order chi connectivity index (χ0) is 15.2. The van der Waals surface area contributed by atoms with Crippen LogP contribution in [-0.2, 0) is 11.3 Å². The molecule has 2 heterocycles. The molecule has 0 saturated carbocycles. The minimum atomic E-state index is -0.813. The van der Waals surface area contributed by atoms with Gasteiger partial charge < -0.3 is 14.6 Å². The molecule has 0 bridgehead atoms. The van der Waals surface area contributed by atoms with Gasteiger partial charge in [-0.1, -0.05) is 6.92 Å². The van der Waals surface area contributed by atoms with Gasteiger partial charge in [-0.05, 0) is 12.8 Å². The van der Waals surface area contributed by atoms with E-state index in [9.17, 15) is 9.59 Å². The number of carboxylic acid groups (broad SMARTS) is 1. The molecule has 0 amide bonds. The van der Waals surface area contributed by atoms with Crippen LogP contribution >= 0.6 is 0 Å². The van der Waals surface area contributed by atoms with Gasteiger partial charge in [0.1, 0.15) is 0 Å². The molecule has 0 unspecified atom stereocenters. The lowest BCUT2D eigenvalue weighted by atomic mass is 10.3. The van der Waals surface area contributed by atoms with Crippen LogP contribution in [0.2, 0.25) is 0 Å². The van der Waals surface area contributed by atoms with Crippen LogP contribution in [0.4, 0.5) is 5.82 Å². The first-order valence-electron chi connectivity index (χ1n) is 7.36. The zero-order valence-electron chi connectivity index (χ0n) is 12.4. The number of nitrogens with zero attached hydrogens (tertiary/aromatic N) is 4. The van der Waals surface area contributed by atoms with E-state index in [1.54, 1.807) is 17.0 Å². The van der Waals surface area contributed by atoms with E-state index < -0.39 is 5.97 Å². The average Bonchev–Trinajstić information content (AvgIpc) is 2.66. The molecule has 7 nitrogen and oxygen atoms in total. The van der Waals surface area contributed by atoms with Gasteiger partial charge in [0.25, 0.3) is 5.56 Å². The molecule has 0 radical (unpaired) electrons. The quantitative estimate of drug-likeness (QED) is 0.838. The number of hydrogen-bond acceptors (Lipinski definition) is 5. The molecule has 1 aliphatic heterocycles. The Morgan fingerprint density at radius 2 is 2.14 bits per heavy atom. The van der Waals surface area contributed by atoms with Crippen LogP contribution in [0.1, 0.15) is 19.8 Å². The first-order valence-corrected chi connectivity index (χ1v) is 7.36. The maximum absolute atomic E-state index is 12.4. The molecule has 0 aromatic carbocycles. The van der Waals surface area contributed by atoms with E-state index in [4.69, 9.17) is 5.11 Å². The molecule has 0 spiro atoms. The van der Waals surface area contributed by atoms with Crippen molar-refractivity contribution in [1.29, 1.82) is 0 Å². The Morgan fingerprint density at radius 1 is 1.33 bits per heavy atom. The molecule has 1 aliphatic rings. The molecule has 0 aliphatic carbocycles. The van der Waals surface area contributed by atoms with E-state index in [0.717, 1.165) is 25.9 Å². The van der Waals surface area contributed by atoms with Gasteiger partial charge in [0.05, 0.1) is 6.54 Å². The van der Waals surface area contributed by atoms with Crippen LogP contribution in [0.3, 0.4) is 0 Å². The van der Waals surface area contributed by atoms with E-state index in [2.05, 4.69) is 4.98 Å². The summed E-state index contributed by atoms with van der Waals surface area (Å²) in [5.41, 5.74) is -0.0639. The van der Waals surface area contributed by atoms with Crippen LogP contribution in [0, 0.1) is 0 Å². The fourth-order valence-electron chi connectivity index (χ4n) is 2.60. The molecule has 1 fully saturated rings. The molecule has 1 aromatic rings. The highest BCUT2D eigenvalue weighted by Crippen LogP contribution is 2.09. The van der Waals surface area contributed by atoms with Crippen molar-refractivity contribution in [2.24, 2.45) is 0 Å². The summed E-state index contributed by atoms with van der Waals surface area (Å²) in [6.07, 6.45) is 5.10. The maximum atomic E-state index is 12.4. The fourth-order valence-corrected chi connectivity index (χ4v) is 2.60. The van der Waals surface area contributed by atoms with Crippen molar-refractivity contribution in [2.75, 3.05) is 37.6 Å². The fraction of sp³-hybridized carbons (Fsp3) is 0.643. The Kier molecular flexibility index (Phi) is 5.32. The second-order valence-electron chi connectivity index (χ2n) is 5.26. The molecular formula is C14H22N4O3. The summed E-state index contributed by atoms with van der Waals surface area (Å²) < 4.78 is 1.68. The average molecular weight is 294 g/mol. The minimum Gasteiger partial charge on any atom is -0.480 e. The summed E-state index contributed by atoms with van der Waals surface area (Å²) in [6, 6.07) is 0. The molecule has 1 saturated heterocycles. The first-order chi connectivity index (χ1) is 10.1. The van der Waals surface area contributed by atoms with Gasteiger partial charge in [0.2, 0.25) is 0 Å². The summed E-state index contributed by atoms with van der Waals surface area (Å²) in [5.74, 6) is -0.338. The lowest BCUT2D eigenvalue weighted by Crippen LogP contribution is -2.37. The standard InChI is InChI=1S/C14H22N4O3/c1-2-5-18-8-4-15-13(14(18)21)17-7-3-6-16(9-10-17)11-12(19)20/h4,8H,2-3,5-7,9-11H2,1H3,(H,19,20).